The average Bonchev–Trinajstić information content (AvgIpc) is 2.65. The fourth-order valence-electron chi connectivity index (χ4n) is 2.95. The number of rotatable bonds is 7. The van der Waals surface area contributed by atoms with Gasteiger partial charge in [0.25, 0.3) is 0 Å². The summed E-state index contributed by atoms with van der Waals surface area (Å²) < 4.78 is 0. The van der Waals surface area contributed by atoms with Gasteiger partial charge in [-0.25, -0.2) is 0 Å². The number of hydrogen-bond acceptors (Lipinski definition) is 4. The summed E-state index contributed by atoms with van der Waals surface area (Å²) in [4.78, 5) is 25.0. The van der Waals surface area contributed by atoms with Crippen molar-refractivity contribution in [1.29, 1.82) is 0 Å². The van der Waals surface area contributed by atoms with Crippen molar-refractivity contribution in [3.8, 4) is 0 Å². The van der Waals surface area contributed by atoms with Crippen molar-refractivity contribution >= 4 is 24.8 Å². The zero-order valence-corrected chi connectivity index (χ0v) is 14.0. The molecular formula is C15H28N2O2S. The highest BCUT2D eigenvalue weighted by atomic mass is 32.1. The Morgan fingerprint density at radius 1 is 1.55 bits per heavy atom. The third kappa shape index (κ3) is 5.83. The summed E-state index contributed by atoms with van der Waals surface area (Å²) >= 11 is 4.40. The normalized spacial score (nSPS) is 25.4. The van der Waals surface area contributed by atoms with Gasteiger partial charge in [0.2, 0.25) is 5.91 Å². The summed E-state index contributed by atoms with van der Waals surface area (Å²) in [7, 11) is 0. The van der Waals surface area contributed by atoms with Gasteiger partial charge in [-0.1, -0.05) is 27.7 Å². The maximum Gasteiger partial charge on any atom is 0.234 e. The van der Waals surface area contributed by atoms with Crippen molar-refractivity contribution in [1.82, 2.24) is 10.2 Å². The van der Waals surface area contributed by atoms with Crippen LogP contribution in [0.4, 0.5) is 0 Å². The molecule has 1 saturated heterocycles. The van der Waals surface area contributed by atoms with Crippen LogP contribution in [0, 0.1) is 11.3 Å². The van der Waals surface area contributed by atoms with Crippen LogP contribution in [0.1, 0.15) is 40.5 Å². The van der Waals surface area contributed by atoms with Crippen LogP contribution in [0.3, 0.4) is 0 Å². The van der Waals surface area contributed by atoms with E-state index in [1.54, 1.807) is 0 Å². The molecule has 1 heterocycles. The van der Waals surface area contributed by atoms with Gasteiger partial charge in [-0.15, -0.1) is 0 Å². The highest BCUT2D eigenvalue weighted by Crippen LogP contribution is 2.24. The van der Waals surface area contributed by atoms with Crippen molar-refractivity contribution in [2.24, 2.45) is 11.3 Å². The topological polar surface area (TPSA) is 49.4 Å². The molecule has 4 nitrogen and oxygen atoms in total. The van der Waals surface area contributed by atoms with Gasteiger partial charge in [0.15, 0.2) is 0 Å². The van der Waals surface area contributed by atoms with Crippen molar-refractivity contribution < 1.29 is 9.59 Å². The summed E-state index contributed by atoms with van der Waals surface area (Å²) in [6.45, 7) is 10.2. The van der Waals surface area contributed by atoms with Crippen LogP contribution in [0.15, 0.2) is 0 Å². The van der Waals surface area contributed by atoms with E-state index in [1.807, 2.05) is 4.90 Å². The Bertz CT molecular complexity index is 345. The second kappa shape index (κ2) is 7.46. The lowest BCUT2D eigenvalue weighted by atomic mass is 9.88. The number of nitrogens with zero attached hydrogens (tertiary/aromatic N) is 1. The zero-order chi connectivity index (χ0) is 15.3. The quantitative estimate of drug-likeness (QED) is 0.556. The molecule has 0 saturated carbocycles. The van der Waals surface area contributed by atoms with E-state index in [2.05, 4.69) is 45.6 Å². The first-order valence-corrected chi connectivity index (χ1v) is 7.89. The van der Waals surface area contributed by atoms with Crippen LogP contribution < -0.4 is 5.32 Å². The molecule has 0 radical (unpaired) electrons. The highest BCUT2D eigenvalue weighted by molar-refractivity contribution is 7.80. The summed E-state index contributed by atoms with van der Waals surface area (Å²) in [6.07, 6.45) is 2.77. The van der Waals surface area contributed by atoms with Gasteiger partial charge in [-0.3, -0.25) is 9.69 Å². The molecule has 0 aromatic carbocycles. The lowest BCUT2D eigenvalue weighted by molar-refractivity contribution is -0.123. The van der Waals surface area contributed by atoms with E-state index < -0.39 is 0 Å². The maximum absolute atomic E-state index is 12.0. The summed E-state index contributed by atoms with van der Waals surface area (Å²) in [6, 6.07) is -0.0961. The largest absolute Gasteiger partial charge is 0.354 e. The lowest BCUT2D eigenvalue weighted by Gasteiger charge is -2.27. The summed E-state index contributed by atoms with van der Waals surface area (Å²) in [5, 5.41) is 3.30. The molecular weight excluding hydrogens is 272 g/mol. The van der Waals surface area contributed by atoms with Gasteiger partial charge in [-0.2, -0.15) is 12.6 Å². The molecule has 1 rings (SSSR count). The van der Waals surface area contributed by atoms with E-state index in [0.29, 0.717) is 24.3 Å². The molecule has 1 aliphatic rings. The van der Waals surface area contributed by atoms with Gasteiger partial charge in [0.05, 0.1) is 12.6 Å². The molecule has 20 heavy (non-hydrogen) atoms. The van der Waals surface area contributed by atoms with Gasteiger partial charge in [-0.05, 0) is 29.4 Å². The van der Waals surface area contributed by atoms with Gasteiger partial charge in [0.1, 0.15) is 6.29 Å². The molecule has 1 aliphatic heterocycles. The van der Waals surface area contributed by atoms with E-state index >= 15 is 0 Å². The van der Waals surface area contributed by atoms with Gasteiger partial charge >= 0.3 is 0 Å². The predicted octanol–water partition coefficient (Wildman–Crippen LogP) is 1.75. The van der Waals surface area contributed by atoms with Crippen LogP contribution in [0.5, 0.6) is 0 Å². The van der Waals surface area contributed by atoms with Crippen LogP contribution in [-0.2, 0) is 9.59 Å². The molecule has 0 bridgehead atoms. The number of likely N-dealkylation sites (tertiary alicyclic amines) is 1. The monoisotopic (exact) mass is 300 g/mol. The Kier molecular flexibility index (Phi) is 6.52. The van der Waals surface area contributed by atoms with E-state index in [1.165, 1.54) is 0 Å². The van der Waals surface area contributed by atoms with Crippen LogP contribution in [0.25, 0.3) is 0 Å². The molecule has 1 fully saturated rings. The Morgan fingerprint density at radius 2 is 2.20 bits per heavy atom. The van der Waals surface area contributed by atoms with E-state index in [9.17, 15) is 9.59 Å². The van der Waals surface area contributed by atoms with Crippen LogP contribution in [0.2, 0.25) is 0 Å². The second-order valence-electron chi connectivity index (χ2n) is 6.97. The minimum Gasteiger partial charge on any atom is -0.354 e. The van der Waals surface area contributed by atoms with Gasteiger partial charge in [0, 0.05) is 13.1 Å². The van der Waals surface area contributed by atoms with Crippen molar-refractivity contribution in [3.05, 3.63) is 0 Å². The molecule has 3 unspecified atom stereocenters. The first-order valence-electron chi connectivity index (χ1n) is 7.37. The van der Waals surface area contributed by atoms with Crippen molar-refractivity contribution in [3.63, 3.8) is 0 Å². The van der Waals surface area contributed by atoms with E-state index in [0.717, 1.165) is 25.7 Å². The van der Waals surface area contributed by atoms with Crippen LogP contribution in [-0.4, -0.2) is 48.0 Å². The van der Waals surface area contributed by atoms with E-state index in [4.69, 9.17) is 0 Å². The second-order valence-corrected chi connectivity index (χ2v) is 7.85. The highest BCUT2D eigenvalue weighted by Gasteiger charge is 2.30. The van der Waals surface area contributed by atoms with Crippen LogP contribution >= 0.6 is 12.6 Å². The molecule has 3 atom stereocenters. The number of nitrogens with one attached hydrogen (secondary N) is 1. The van der Waals surface area contributed by atoms with Crippen molar-refractivity contribution in [2.45, 2.75) is 51.8 Å². The Hall–Kier alpha value is -0.550. The molecule has 1 amide bonds. The number of aldehydes is 1. The number of carbonyl (C=O) groups excluding carboxylic acids is 2. The Balaban J connectivity index is 2.38. The fourth-order valence-corrected chi connectivity index (χ4v) is 3.44. The number of carbonyl (C=O) groups is 2. The predicted molar refractivity (Wildman–Crippen MR) is 85.1 cm³/mol. The first-order chi connectivity index (χ1) is 9.23. The number of thiol groups is 1. The molecule has 0 aromatic heterocycles. The summed E-state index contributed by atoms with van der Waals surface area (Å²) in [5.41, 5.74) is 0.0409. The molecule has 0 spiro atoms. The Labute approximate surface area is 128 Å². The lowest BCUT2D eigenvalue weighted by Crippen LogP contribution is -2.43. The minimum atomic E-state index is -0.0961. The maximum atomic E-state index is 12.0. The number of hydrogen-bond donors (Lipinski definition) is 2. The summed E-state index contributed by atoms with van der Waals surface area (Å²) in [5.74, 6) is 0.491. The molecule has 1 N–H and O–H groups in total. The zero-order valence-electron chi connectivity index (χ0n) is 13.1. The molecule has 5 heteroatoms. The Morgan fingerprint density at radius 3 is 2.75 bits per heavy atom. The third-order valence-electron chi connectivity index (χ3n) is 3.77. The van der Waals surface area contributed by atoms with Crippen molar-refractivity contribution in [2.75, 3.05) is 19.6 Å². The van der Waals surface area contributed by atoms with Gasteiger partial charge < -0.3 is 10.1 Å². The fraction of sp³-hybridized carbons (Fsp3) is 0.867. The number of amides is 1. The molecule has 0 aliphatic carbocycles. The minimum absolute atomic E-state index is 0.00541. The van der Waals surface area contributed by atoms with E-state index in [-0.39, 0.29) is 17.4 Å². The third-order valence-corrected chi connectivity index (χ3v) is 3.96. The smallest absolute Gasteiger partial charge is 0.234 e. The molecule has 116 valence electrons. The molecule has 0 aromatic rings. The first kappa shape index (κ1) is 17.5. The standard InChI is InChI=1S/C15H28N2O2S/c1-11-5-13(9-18)17(7-11)8-14(19)16-10-15(3,4)6-12(2)20/h9,11-13,20H,5-8,10H2,1-4H3,(H,16,19). The SMILES string of the molecule is CC(S)CC(C)(C)CNC(=O)CN1CC(C)CC1C=O. The average molecular weight is 300 g/mol.